The molecular weight excluding hydrogens is 277 g/mol. The Bertz CT molecular complexity index is 601. The number of hydrogen-bond acceptors (Lipinski definition) is 2. The third kappa shape index (κ3) is 3.64. The minimum Gasteiger partial charge on any atom is -0.492 e. The van der Waals surface area contributed by atoms with Gasteiger partial charge < -0.3 is 10.1 Å². The van der Waals surface area contributed by atoms with Gasteiger partial charge in [0.25, 0.3) is 0 Å². The smallest absolute Gasteiger partial charge is 0.138 e. The van der Waals surface area contributed by atoms with E-state index in [0.717, 1.165) is 11.3 Å². The lowest BCUT2D eigenvalue weighted by molar-refractivity contribution is 0.340. The molecule has 0 bridgehead atoms. The zero-order valence-corrected chi connectivity index (χ0v) is 12.3. The number of benzene rings is 2. The summed E-state index contributed by atoms with van der Waals surface area (Å²) in [6.07, 6.45) is 0. The normalized spacial score (nSPS) is 10.4. The van der Waals surface area contributed by atoms with Crippen LogP contribution in [-0.2, 0) is 6.54 Å². The Balaban J connectivity index is 2.03. The van der Waals surface area contributed by atoms with Crippen LogP contribution in [0.5, 0.6) is 5.75 Å². The number of hydrogen-bond donors (Lipinski definition) is 1. The molecule has 20 heavy (non-hydrogen) atoms. The van der Waals surface area contributed by atoms with Crippen LogP contribution in [0.4, 0.5) is 10.1 Å². The first-order valence-electron chi connectivity index (χ1n) is 6.51. The van der Waals surface area contributed by atoms with E-state index >= 15 is 0 Å². The van der Waals surface area contributed by atoms with Gasteiger partial charge in [0.2, 0.25) is 0 Å². The highest BCUT2D eigenvalue weighted by Crippen LogP contribution is 2.27. The van der Waals surface area contributed by atoms with Crippen LogP contribution >= 0.6 is 11.6 Å². The molecule has 4 heteroatoms. The van der Waals surface area contributed by atoms with E-state index in [-0.39, 0.29) is 5.82 Å². The Hall–Kier alpha value is -1.74. The van der Waals surface area contributed by atoms with Gasteiger partial charge in [-0.15, -0.1) is 0 Å². The second kappa shape index (κ2) is 6.62. The summed E-state index contributed by atoms with van der Waals surface area (Å²) >= 11 is 6.12. The number of rotatable bonds is 5. The fourth-order valence-corrected chi connectivity index (χ4v) is 2.14. The van der Waals surface area contributed by atoms with Gasteiger partial charge in [-0.1, -0.05) is 23.7 Å². The van der Waals surface area contributed by atoms with Crippen LogP contribution in [0, 0.1) is 12.7 Å². The summed E-state index contributed by atoms with van der Waals surface area (Å²) < 4.78 is 18.6. The van der Waals surface area contributed by atoms with E-state index in [0.29, 0.717) is 29.5 Å². The Morgan fingerprint density at radius 2 is 2.00 bits per heavy atom. The predicted octanol–water partition coefficient (Wildman–Crippen LogP) is 4.80. The Morgan fingerprint density at radius 3 is 2.65 bits per heavy atom. The van der Waals surface area contributed by atoms with Gasteiger partial charge in [-0.3, -0.25) is 0 Å². The highest BCUT2D eigenvalue weighted by Gasteiger charge is 2.03. The largest absolute Gasteiger partial charge is 0.492 e. The molecule has 2 rings (SSSR count). The first-order valence-corrected chi connectivity index (χ1v) is 6.89. The summed E-state index contributed by atoms with van der Waals surface area (Å²) in [5.41, 5.74) is 2.57. The predicted molar refractivity (Wildman–Crippen MR) is 81.1 cm³/mol. The van der Waals surface area contributed by atoms with Crippen molar-refractivity contribution >= 4 is 17.3 Å². The van der Waals surface area contributed by atoms with Crippen LogP contribution in [-0.4, -0.2) is 6.61 Å². The van der Waals surface area contributed by atoms with Crippen LogP contribution in [0.1, 0.15) is 18.1 Å². The zero-order valence-electron chi connectivity index (χ0n) is 11.5. The van der Waals surface area contributed by atoms with Gasteiger partial charge in [-0.25, -0.2) is 4.39 Å². The molecule has 0 amide bonds. The van der Waals surface area contributed by atoms with Crippen molar-refractivity contribution in [1.29, 1.82) is 0 Å². The molecule has 0 saturated heterocycles. The van der Waals surface area contributed by atoms with E-state index in [1.807, 2.05) is 31.2 Å². The van der Waals surface area contributed by atoms with Crippen molar-refractivity contribution in [2.24, 2.45) is 0 Å². The van der Waals surface area contributed by atoms with Crippen LogP contribution in [0.25, 0.3) is 0 Å². The first kappa shape index (κ1) is 14.7. The first-order chi connectivity index (χ1) is 9.60. The molecule has 2 aromatic carbocycles. The van der Waals surface area contributed by atoms with E-state index in [1.54, 1.807) is 13.0 Å². The fourth-order valence-electron chi connectivity index (χ4n) is 1.90. The van der Waals surface area contributed by atoms with E-state index in [4.69, 9.17) is 16.3 Å². The van der Waals surface area contributed by atoms with Gasteiger partial charge in [0.05, 0.1) is 11.6 Å². The number of aryl methyl sites for hydroxylation is 1. The lowest BCUT2D eigenvalue weighted by Gasteiger charge is -2.10. The number of anilines is 1. The molecule has 0 unspecified atom stereocenters. The van der Waals surface area contributed by atoms with Gasteiger partial charge in [0.15, 0.2) is 0 Å². The van der Waals surface area contributed by atoms with E-state index < -0.39 is 0 Å². The minimum atomic E-state index is -0.183. The summed E-state index contributed by atoms with van der Waals surface area (Å²) in [6, 6.07) is 10.7. The third-order valence-corrected chi connectivity index (χ3v) is 3.25. The highest BCUT2D eigenvalue weighted by molar-refractivity contribution is 6.32. The van der Waals surface area contributed by atoms with Crippen LogP contribution in [0.3, 0.4) is 0 Å². The number of nitrogens with one attached hydrogen (secondary N) is 1. The van der Waals surface area contributed by atoms with E-state index in [1.165, 1.54) is 6.07 Å². The molecule has 0 saturated carbocycles. The molecular formula is C16H17ClFNO. The fraction of sp³-hybridized carbons (Fsp3) is 0.250. The summed E-state index contributed by atoms with van der Waals surface area (Å²) in [6.45, 7) is 4.87. The summed E-state index contributed by atoms with van der Waals surface area (Å²) in [5, 5.41) is 3.83. The van der Waals surface area contributed by atoms with Crippen molar-refractivity contribution < 1.29 is 9.13 Å². The monoisotopic (exact) mass is 293 g/mol. The molecule has 0 atom stereocenters. The average Bonchev–Trinajstić information content (AvgIpc) is 2.43. The molecule has 2 aromatic rings. The van der Waals surface area contributed by atoms with Crippen LogP contribution < -0.4 is 10.1 Å². The molecule has 0 aliphatic heterocycles. The zero-order chi connectivity index (χ0) is 14.5. The van der Waals surface area contributed by atoms with Gasteiger partial charge >= 0.3 is 0 Å². The van der Waals surface area contributed by atoms with Gasteiger partial charge in [-0.2, -0.15) is 0 Å². The van der Waals surface area contributed by atoms with Gasteiger partial charge in [0.1, 0.15) is 11.6 Å². The summed E-state index contributed by atoms with van der Waals surface area (Å²) in [7, 11) is 0. The third-order valence-electron chi connectivity index (χ3n) is 2.95. The molecule has 2 nitrogen and oxygen atoms in total. The lowest BCUT2D eigenvalue weighted by atomic mass is 10.1. The minimum absolute atomic E-state index is 0.183. The molecule has 0 radical (unpaired) electrons. The van der Waals surface area contributed by atoms with Crippen LogP contribution in [0.15, 0.2) is 36.4 Å². The van der Waals surface area contributed by atoms with E-state index in [2.05, 4.69) is 5.32 Å². The molecule has 0 fully saturated rings. The SMILES string of the molecule is CCOc1ccc(NCc2ccc(F)c(C)c2)cc1Cl. The molecule has 106 valence electrons. The highest BCUT2D eigenvalue weighted by atomic mass is 35.5. The number of halogens is 2. The van der Waals surface area contributed by atoms with Gasteiger partial charge in [0, 0.05) is 12.2 Å². The Morgan fingerprint density at radius 1 is 1.20 bits per heavy atom. The number of ether oxygens (including phenoxy) is 1. The molecule has 0 aliphatic carbocycles. The Kier molecular flexibility index (Phi) is 4.85. The Labute approximate surface area is 123 Å². The maximum absolute atomic E-state index is 13.2. The van der Waals surface area contributed by atoms with Gasteiger partial charge in [-0.05, 0) is 49.2 Å². The molecule has 0 heterocycles. The van der Waals surface area contributed by atoms with Crippen molar-refractivity contribution in [3.63, 3.8) is 0 Å². The maximum atomic E-state index is 13.2. The summed E-state index contributed by atoms with van der Waals surface area (Å²) in [4.78, 5) is 0. The second-order valence-corrected chi connectivity index (χ2v) is 4.92. The molecule has 0 aromatic heterocycles. The van der Waals surface area contributed by atoms with E-state index in [9.17, 15) is 4.39 Å². The quantitative estimate of drug-likeness (QED) is 0.855. The van der Waals surface area contributed by atoms with Crippen molar-refractivity contribution in [3.8, 4) is 5.75 Å². The standard InChI is InChI=1S/C16H17ClFNO/c1-3-20-16-7-5-13(9-14(16)17)19-10-12-4-6-15(18)11(2)8-12/h4-9,19H,3,10H2,1-2H3. The van der Waals surface area contributed by atoms with Crippen molar-refractivity contribution in [2.75, 3.05) is 11.9 Å². The lowest BCUT2D eigenvalue weighted by Crippen LogP contribution is -2.01. The molecule has 1 N–H and O–H groups in total. The van der Waals surface area contributed by atoms with Crippen molar-refractivity contribution in [3.05, 3.63) is 58.4 Å². The molecule has 0 aliphatic rings. The van der Waals surface area contributed by atoms with Crippen molar-refractivity contribution in [2.45, 2.75) is 20.4 Å². The topological polar surface area (TPSA) is 21.3 Å². The van der Waals surface area contributed by atoms with Crippen molar-refractivity contribution in [1.82, 2.24) is 0 Å². The second-order valence-electron chi connectivity index (χ2n) is 4.52. The maximum Gasteiger partial charge on any atom is 0.138 e. The average molecular weight is 294 g/mol. The molecule has 0 spiro atoms. The summed E-state index contributed by atoms with van der Waals surface area (Å²) in [5.74, 6) is 0.496. The van der Waals surface area contributed by atoms with Crippen LogP contribution in [0.2, 0.25) is 5.02 Å².